The van der Waals surface area contributed by atoms with E-state index in [1.165, 1.54) is 34.9 Å². The molecule has 0 saturated heterocycles. The highest BCUT2D eigenvalue weighted by atomic mass is 32.2. The van der Waals surface area contributed by atoms with Crippen molar-refractivity contribution >= 4 is 41.0 Å². The summed E-state index contributed by atoms with van der Waals surface area (Å²) in [6.45, 7) is 5.06. The lowest BCUT2D eigenvalue weighted by Gasteiger charge is -2.32. The molecule has 1 saturated carbocycles. The number of carbonyl (C=O) groups is 3. The summed E-state index contributed by atoms with van der Waals surface area (Å²) in [4.78, 5) is 72.6. The Balaban J connectivity index is 1.47. The molecule has 0 aliphatic heterocycles. The highest BCUT2D eigenvalue weighted by Gasteiger charge is 2.33. The number of aromatic nitrogens is 3. The van der Waals surface area contributed by atoms with E-state index in [1.54, 1.807) is 51.2 Å². The Morgan fingerprint density at radius 3 is 2.28 bits per heavy atom. The molecular weight excluding hydrogens is 793 g/mol. The molecule has 18 heteroatoms. The minimum Gasteiger partial charge on any atom is -0.444 e. The Kier molecular flexibility index (Phi) is 16.1. The summed E-state index contributed by atoms with van der Waals surface area (Å²) in [5, 5.41) is 44.6. The van der Waals surface area contributed by atoms with Gasteiger partial charge in [0.05, 0.1) is 39.4 Å². The predicted octanol–water partition coefficient (Wildman–Crippen LogP) is 6.25. The van der Waals surface area contributed by atoms with Gasteiger partial charge >= 0.3 is 6.09 Å². The molecule has 4 atom stereocenters. The number of nitro groups is 2. The number of hydrogen-bond donors (Lipinski definition) is 4. The van der Waals surface area contributed by atoms with Crippen molar-refractivity contribution in [2.75, 3.05) is 5.75 Å². The number of alkyl carbamates (subject to hydrolysis) is 1. The molecule has 1 aliphatic carbocycles. The molecule has 0 radical (unpaired) electrons. The zero-order valence-corrected chi connectivity index (χ0v) is 34.7. The number of thioether (sulfide) groups is 1. The number of hydrogen-bond acceptors (Lipinski definition) is 12. The third-order valence-corrected chi connectivity index (χ3v) is 11.1. The maximum absolute atomic E-state index is 14.6. The van der Waals surface area contributed by atoms with E-state index in [4.69, 9.17) is 4.74 Å². The van der Waals surface area contributed by atoms with Crippen molar-refractivity contribution < 1.29 is 34.1 Å². The Bertz CT molecular complexity index is 2070. The summed E-state index contributed by atoms with van der Waals surface area (Å²) in [5.74, 6) is -0.566. The van der Waals surface area contributed by atoms with Crippen LogP contribution in [0.3, 0.4) is 0 Å². The highest BCUT2D eigenvalue weighted by Crippen LogP contribution is 2.31. The van der Waals surface area contributed by atoms with Gasteiger partial charge in [0, 0.05) is 42.7 Å². The SMILES string of the molecule is CC(C)(C)OC(=O)N[C@@H](Cc1ccccc1)C(=O)N[C@@H](Cc1cncn1-c1ccc([N+](=O)[O-])cc1[N+](=O)[O-])C(=O)N[C@@H](CC1CCCCC1)[C@@H](O)CCSc1ccccn1. The predicted molar refractivity (Wildman–Crippen MR) is 225 cm³/mol. The zero-order valence-electron chi connectivity index (χ0n) is 33.9. The van der Waals surface area contributed by atoms with Crippen LogP contribution in [0.5, 0.6) is 0 Å². The molecule has 1 aliphatic rings. The van der Waals surface area contributed by atoms with Crippen molar-refractivity contribution in [1.29, 1.82) is 0 Å². The first kappa shape index (κ1) is 45.2. The van der Waals surface area contributed by atoms with Gasteiger partial charge in [-0.2, -0.15) is 0 Å². The number of carbonyl (C=O) groups excluding carboxylic acids is 3. The average Bonchev–Trinajstić information content (AvgIpc) is 3.68. The quantitative estimate of drug-likeness (QED) is 0.0466. The molecule has 0 unspecified atom stereocenters. The van der Waals surface area contributed by atoms with E-state index in [2.05, 4.69) is 25.9 Å². The number of non-ortho nitro benzene ring substituents is 1. The first-order valence-electron chi connectivity index (χ1n) is 20.0. The number of nitrogens with zero attached hydrogens (tertiary/aromatic N) is 5. The number of imidazole rings is 1. The van der Waals surface area contributed by atoms with Crippen LogP contribution in [0, 0.1) is 26.1 Å². The molecule has 2 aromatic carbocycles. The smallest absolute Gasteiger partial charge is 0.408 e. The van der Waals surface area contributed by atoms with Crippen molar-refractivity contribution in [3.63, 3.8) is 0 Å². The number of rotatable bonds is 19. The van der Waals surface area contributed by atoms with Crippen LogP contribution in [-0.4, -0.2) is 83.0 Å². The van der Waals surface area contributed by atoms with Crippen LogP contribution in [0.2, 0.25) is 0 Å². The van der Waals surface area contributed by atoms with E-state index in [0.29, 0.717) is 18.6 Å². The molecule has 4 N–H and O–H groups in total. The minimum absolute atomic E-state index is 0.0458. The molecule has 0 spiro atoms. The number of aliphatic hydroxyl groups is 1. The molecule has 2 heterocycles. The Hall–Kier alpha value is -5.88. The van der Waals surface area contributed by atoms with E-state index < -0.39 is 69.0 Å². The standard InChI is InChI=1S/C42H52N8O9S/c1-42(2,3)59-41(54)47-33(23-29-14-8-5-9-15-29)39(52)46-34(24-31-26-43-27-48(31)35-18-17-30(49(55)56)25-36(35)50(57)58)40(53)45-32(22-28-12-6-4-7-13-28)37(51)19-21-60-38-16-10-11-20-44-38/h5,8-11,14-18,20,25-28,32-34,37,51H,4,6-7,12-13,19,21-24H2,1-3H3,(H,45,53)(H,46,52)(H,47,54)/t32-,33-,34-,37-/m0/s1. The molecular formula is C42H52N8O9S. The second kappa shape index (κ2) is 21.4. The van der Waals surface area contributed by atoms with Gasteiger partial charge in [-0.1, -0.05) is 68.5 Å². The second-order valence-electron chi connectivity index (χ2n) is 15.8. The zero-order chi connectivity index (χ0) is 43.2. The number of amides is 3. The number of ether oxygens (including phenoxy) is 1. The van der Waals surface area contributed by atoms with Gasteiger partial charge in [0.2, 0.25) is 11.8 Å². The lowest BCUT2D eigenvalue weighted by Crippen LogP contribution is -2.57. The Morgan fingerprint density at radius 1 is 0.917 bits per heavy atom. The van der Waals surface area contributed by atoms with Crippen LogP contribution in [-0.2, 0) is 27.2 Å². The van der Waals surface area contributed by atoms with E-state index in [9.17, 15) is 39.7 Å². The first-order chi connectivity index (χ1) is 28.7. The van der Waals surface area contributed by atoms with Gasteiger partial charge in [-0.3, -0.25) is 34.4 Å². The summed E-state index contributed by atoms with van der Waals surface area (Å²) in [6, 6.07) is 14.5. The Morgan fingerprint density at radius 2 is 1.62 bits per heavy atom. The van der Waals surface area contributed by atoms with Crippen LogP contribution in [0.15, 0.2) is 90.5 Å². The maximum atomic E-state index is 14.6. The second-order valence-corrected chi connectivity index (χ2v) is 16.9. The molecule has 0 bridgehead atoms. The highest BCUT2D eigenvalue weighted by molar-refractivity contribution is 7.99. The molecule has 320 valence electrons. The summed E-state index contributed by atoms with van der Waals surface area (Å²) in [5.41, 5.74) is -1.01. The van der Waals surface area contributed by atoms with E-state index in [1.807, 2.05) is 24.3 Å². The number of benzene rings is 2. The van der Waals surface area contributed by atoms with Gasteiger partial charge < -0.3 is 25.8 Å². The van der Waals surface area contributed by atoms with Crippen molar-refractivity contribution in [2.45, 2.75) is 113 Å². The van der Waals surface area contributed by atoms with Gasteiger partial charge in [0.25, 0.3) is 11.4 Å². The summed E-state index contributed by atoms with van der Waals surface area (Å²) in [7, 11) is 0. The summed E-state index contributed by atoms with van der Waals surface area (Å²) < 4.78 is 6.80. The lowest BCUT2D eigenvalue weighted by molar-refractivity contribution is -0.394. The minimum atomic E-state index is -1.35. The number of pyridine rings is 1. The van der Waals surface area contributed by atoms with Crippen LogP contribution in [0.25, 0.3) is 5.69 Å². The molecule has 3 amide bonds. The van der Waals surface area contributed by atoms with Crippen LogP contribution in [0.4, 0.5) is 16.2 Å². The van der Waals surface area contributed by atoms with Gasteiger partial charge in [-0.25, -0.2) is 14.8 Å². The number of nitro benzene ring substituents is 2. The third-order valence-electron chi connectivity index (χ3n) is 10.1. The average molecular weight is 845 g/mol. The maximum Gasteiger partial charge on any atom is 0.408 e. The monoisotopic (exact) mass is 844 g/mol. The number of nitrogens with one attached hydrogen (secondary N) is 3. The van der Waals surface area contributed by atoms with E-state index in [-0.39, 0.29) is 30.1 Å². The Labute approximate surface area is 352 Å². The third kappa shape index (κ3) is 13.6. The molecule has 4 aromatic rings. The van der Waals surface area contributed by atoms with Crippen molar-refractivity contribution in [2.24, 2.45) is 5.92 Å². The summed E-state index contributed by atoms with van der Waals surface area (Å²) in [6.07, 6.45) is 8.30. The van der Waals surface area contributed by atoms with E-state index >= 15 is 0 Å². The van der Waals surface area contributed by atoms with Crippen molar-refractivity contribution in [3.05, 3.63) is 117 Å². The van der Waals surface area contributed by atoms with Gasteiger partial charge in [0.15, 0.2) is 0 Å². The number of aliphatic hydroxyl groups excluding tert-OH is 1. The van der Waals surface area contributed by atoms with Crippen molar-refractivity contribution in [1.82, 2.24) is 30.5 Å². The van der Waals surface area contributed by atoms with Gasteiger partial charge in [-0.15, -0.1) is 11.8 Å². The molecule has 1 fully saturated rings. The normalized spacial score (nSPS) is 15.2. The van der Waals surface area contributed by atoms with Gasteiger partial charge in [0.1, 0.15) is 23.4 Å². The van der Waals surface area contributed by atoms with Crippen molar-refractivity contribution in [3.8, 4) is 5.69 Å². The fourth-order valence-electron chi connectivity index (χ4n) is 7.16. The molecule has 5 rings (SSSR count). The largest absolute Gasteiger partial charge is 0.444 e. The lowest BCUT2D eigenvalue weighted by atomic mass is 9.83. The molecule has 17 nitrogen and oxygen atoms in total. The summed E-state index contributed by atoms with van der Waals surface area (Å²) >= 11 is 1.48. The fourth-order valence-corrected chi connectivity index (χ4v) is 8.04. The molecule has 2 aromatic heterocycles. The molecule has 60 heavy (non-hydrogen) atoms. The van der Waals surface area contributed by atoms with E-state index in [0.717, 1.165) is 54.8 Å². The van der Waals surface area contributed by atoms with Crippen LogP contribution >= 0.6 is 11.8 Å². The van der Waals surface area contributed by atoms with Crippen LogP contribution in [0.1, 0.15) is 77.0 Å². The van der Waals surface area contributed by atoms with Crippen LogP contribution < -0.4 is 16.0 Å². The first-order valence-corrected chi connectivity index (χ1v) is 21.0. The topological polar surface area (TPSA) is 234 Å². The van der Waals surface area contributed by atoms with Gasteiger partial charge in [-0.05, 0) is 63.3 Å². The fraction of sp³-hybridized carbons (Fsp3) is 0.452.